The molecule has 120 valence electrons. The topological polar surface area (TPSA) is 49.9 Å². The zero-order chi connectivity index (χ0) is 16.0. The van der Waals surface area contributed by atoms with Gasteiger partial charge in [0.1, 0.15) is 0 Å². The maximum absolute atomic E-state index is 12.1. The number of hydrogen-bond donors (Lipinski definition) is 0. The predicted molar refractivity (Wildman–Crippen MR) is 80.2 cm³/mol. The molecule has 21 heavy (non-hydrogen) atoms. The van der Waals surface area contributed by atoms with Gasteiger partial charge in [-0.05, 0) is 46.5 Å². The van der Waals surface area contributed by atoms with E-state index >= 15 is 0 Å². The van der Waals surface area contributed by atoms with Gasteiger partial charge in [0.15, 0.2) is 0 Å². The molecule has 0 aromatic carbocycles. The molecule has 0 aromatic rings. The lowest BCUT2D eigenvalue weighted by atomic mass is 9.75. The van der Waals surface area contributed by atoms with E-state index in [1.165, 1.54) is 4.90 Å². The van der Waals surface area contributed by atoms with Crippen LogP contribution in [0, 0.1) is 11.8 Å². The molecule has 2 heterocycles. The molecule has 0 N–H and O–H groups in total. The second-order valence-electron chi connectivity index (χ2n) is 7.82. The van der Waals surface area contributed by atoms with Gasteiger partial charge in [0.2, 0.25) is 11.8 Å². The monoisotopic (exact) mass is 296 g/mol. The molecule has 0 bridgehead atoms. The van der Waals surface area contributed by atoms with Gasteiger partial charge in [-0.15, -0.1) is 0 Å². The third-order valence-corrected chi connectivity index (χ3v) is 4.77. The van der Waals surface area contributed by atoms with Gasteiger partial charge < -0.3 is 4.84 Å². The van der Waals surface area contributed by atoms with E-state index in [4.69, 9.17) is 4.84 Å². The number of amides is 2. The number of likely N-dealkylation sites (tertiary alicyclic amines) is 1. The summed E-state index contributed by atoms with van der Waals surface area (Å²) in [6.07, 6.45) is 2.19. The first kappa shape index (κ1) is 16.4. The smallest absolute Gasteiger partial charge is 0.232 e. The first-order chi connectivity index (χ1) is 9.58. The van der Waals surface area contributed by atoms with Crippen molar-refractivity contribution in [2.75, 3.05) is 13.7 Å². The van der Waals surface area contributed by atoms with Crippen LogP contribution < -0.4 is 0 Å². The lowest BCUT2D eigenvalue weighted by Gasteiger charge is -2.53. The molecular weight excluding hydrogens is 268 g/mol. The van der Waals surface area contributed by atoms with Crippen LogP contribution in [0.1, 0.15) is 53.9 Å². The number of rotatable bonds is 3. The molecule has 0 saturated carbocycles. The molecule has 0 aliphatic carbocycles. The number of nitrogens with zero attached hydrogens (tertiary/aromatic N) is 2. The Balaban J connectivity index is 2.12. The number of piperidine rings is 1. The number of carbonyl (C=O) groups is 2. The van der Waals surface area contributed by atoms with Crippen LogP contribution >= 0.6 is 0 Å². The molecule has 2 rings (SSSR count). The summed E-state index contributed by atoms with van der Waals surface area (Å²) in [6, 6.07) is 0. The number of hydrogen-bond acceptors (Lipinski definition) is 4. The van der Waals surface area contributed by atoms with Crippen LogP contribution in [0.3, 0.4) is 0 Å². The second-order valence-corrected chi connectivity index (χ2v) is 7.82. The first-order valence-corrected chi connectivity index (χ1v) is 7.77. The Morgan fingerprint density at radius 3 is 2.05 bits per heavy atom. The number of imide groups is 1. The minimum Gasteiger partial charge on any atom is -0.301 e. The molecule has 2 saturated heterocycles. The zero-order valence-electron chi connectivity index (χ0n) is 14.1. The van der Waals surface area contributed by atoms with Crippen molar-refractivity contribution in [3.05, 3.63) is 0 Å². The van der Waals surface area contributed by atoms with Gasteiger partial charge in [0.25, 0.3) is 0 Å². The molecule has 0 spiro atoms. The van der Waals surface area contributed by atoms with Crippen LogP contribution in [0.5, 0.6) is 0 Å². The largest absolute Gasteiger partial charge is 0.301 e. The highest BCUT2D eigenvalue weighted by molar-refractivity contribution is 6.03. The molecule has 2 aliphatic heterocycles. The maximum Gasteiger partial charge on any atom is 0.232 e. The lowest BCUT2D eigenvalue weighted by Crippen LogP contribution is -2.61. The summed E-state index contributed by atoms with van der Waals surface area (Å²) in [4.78, 5) is 31.1. The standard InChI is InChI=1S/C16H28N2O3/c1-11-7-13(19)17(14(11)20)10-12-8-15(2,3)18(21-6)16(4,5)9-12/h11-12H,7-10H2,1-6H3. The van der Waals surface area contributed by atoms with E-state index < -0.39 is 0 Å². The third kappa shape index (κ3) is 2.99. The molecule has 2 amide bonds. The summed E-state index contributed by atoms with van der Waals surface area (Å²) in [6.45, 7) is 11.0. The average molecular weight is 296 g/mol. The normalized spacial score (nSPS) is 30.2. The van der Waals surface area contributed by atoms with Gasteiger partial charge in [-0.25, -0.2) is 0 Å². The molecule has 1 atom stereocenters. The predicted octanol–water partition coefficient (Wildman–Crippen LogP) is 2.21. The second kappa shape index (κ2) is 5.36. The molecule has 1 unspecified atom stereocenters. The SMILES string of the molecule is CON1C(C)(C)CC(CN2C(=O)CC(C)C2=O)CC1(C)C. The van der Waals surface area contributed by atoms with Crippen molar-refractivity contribution >= 4 is 11.8 Å². The van der Waals surface area contributed by atoms with E-state index in [0.717, 1.165) is 12.8 Å². The minimum absolute atomic E-state index is 0.00946. The van der Waals surface area contributed by atoms with Crippen LogP contribution in [0.15, 0.2) is 0 Å². The van der Waals surface area contributed by atoms with Gasteiger partial charge in [-0.2, -0.15) is 5.06 Å². The van der Waals surface area contributed by atoms with Gasteiger partial charge >= 0.3 is 0 Å². The Bertz CT molecular complexity index is 427. The minimum atomic E-state index is -0.155. The fraction of sp³-hybridized carbons (Fsp3) is 0.875. The van der Waals surface area contributed by atoms with Crippen molar-refractivity contribution in [1.29, 1.82) is 0 Å². The van der Waals surface area contributed by atoms with E-state index in [0.29, 0.717) is 18.9 Å². The average Bonchev–Trinajstić information content (AvgIpc) is 2.53. The zero-order valence-corrected chi connectivity index (χ0v) is 14.1. The van der Waals surface area contributed by atoms with Crippen molar-refractivity contribution < 1.29 is 14.4 Å². The highest BCUT2D eigenvalue weighted by Gasteiger charge is 2.47. The van der Waals surface area contributed by atoms with Crippen LogP contribution in [-0.4, -0.2) is 46.5 Å². The highest BCUT2D eigenvalue weighted by atomic mass is 16.7. The van der Waals surface area contributed by atoms with Gasteiger partial charge in [-0.1, -0.05) is 6.92 Å². The van der Waals surface area contributed by atoms with Crippen LogP contribution in [0.2, 0.25) is 0 Å². The van der Waals surface area contributed by atoms with Crippen molar-refractivity contribution in [3.63, 3.8) is 0 Å². The van der Waals surface area contributed by atoms with E-state index in [-0.39, 0.29) is 28.8 Å². The summed E-state index contributed by atoms with van der Waals surface area (Å²) < 4.78 is 0. The molecule has 0 aromatic heterocycles. The summed E-state index contributed by atoms with van der Waals surface area (Å²) in [7, 11) is 1.71. The summed E-state index contributed by atoms with van der Waals surface area (Å²) >= 11 is 0. The van der Waals surface area contributed by atoms with Gasteiger partial charge in [0.05, 0.1) is 7.11 Å². The molecule has 2 aliphatic rings. The van der Waals surface area contributed by atoms with Crippen molar-refractivity contribution in [2.45, 2.75) is 65.0 Å². The molecular formula is C16H28N2O3. The Kier molecular flexibility index (Phi) is 4.19. The quantitative estimate of drug-likeness (QED) is 0.749. The Morgan fingerprint density at radius 2 is 1.67 bits per heavy atom. The Hall–Kier alpha value is -0.940. The third-order valence-electron chi connectivity index (χ3n) is 4.77. The Morgan fingerprint density at radius 1 is 1.14 bits per heavy atom. The van der Waals surface area contributed by atoms with E-state index in [1.807, 2.05) is 12.0 Å². The van der Waals surface area contributed by atoms with Crippen LogP contribution in [0.4, 0.5) is 0 Å². The van der Waals surface area contributed by atoms with Crippen molar-refractivity contribution in [3.8, 4) is 0 Å². The van der Waals surface area contributed by atoms with Crippen LogP contribution in [-0.2, 0) is 14.4 Å². The molecule has 5 nitrogen and oxygen atoms in total. The Labute approximate surface area is 127 Å². The fourth-order valence-electron chi connectivity index (χ4n) is 4.39. The van der Waals surface area contributed by atoms with E-state index in [2.05, 4.69) is 27.7 Å². The van der Waals surface area contributed by atoms with Crippen molar-refractivity contribution in [1.82, 2.24) is 9.96 Å². The summed E-state index contributed by atoms with van der Waals surface area (Å²) in [5, 5.41) is 2.05. The number of hydroxylamine groups is 2. The highest BCUT2D eigenvalue weighted by Crippen LogP contribution is 2.42. The summed E-state index contributed by atoms with van der Waals surface area (Å²) in [5.41, 5.74) is -0.225. The van der Waals surface area contributed by atoms with Gasteiger partial charge in [-0.3, -0.25) is 14.5 Å². The lowest BCUT2D eigenvalue weighted by molar-refractivity contribution is -0.272. The van der Waals surface area contributed by atoms with E-state index in [9.17, 15) is 9.59 Å². The van der Waals surface area contributed by atoms with E-state index in [1.54, 1.807) is 7.11 Å². The van der Waals surface area contributed by atoms with Gasteiger partial charge in [0, 0.05) is 30.0 Å². The fourth-order valence-corrected chi connectivity index (χ4v) is 4.39. The first-order valence-electron chi connectivity index (χ1n) is 7.77. The van der Waals surface area contributed by atoms with Crippen molar-refractivity contribution in [2.24, 2.45) is 11.8 Å². The summed E-state index contributed by atoms with van der Waals surface area (Å²) in [5.74, 6) is 0.138. The number of carbonyl (C=O) groups excluding carboxylic acids is 2. The molecule has 2 fully saturated rings. The maximum atomic E-state index is 12.1. The van der Waals surface area contributed by atoms with Crippen LogP contribution in [0.25, 0.3) is 0 Å². The molecule has 5 heteroatoms. The molecule has 0 radical (unpaired) electrons.